The average Bonchev–Trinajstić information content (AvgIpc) is 2.98. The number of nitrogens with zero attached hydrogens (tertiary/aromatic N) is 4. The smallest absolute Gasteiger partial charge is 0.404 e. The van der Waals surface area contributed by atoms with Crippen LogP contribution in [0.4, 0.5) is 4.79 Å². The van der Waals surface area contributed by atoms with Crippen molar-refractivity contribution in [3.05, 3.63) is 24.3 Å². The number of H-pyrrole nitrogens is 1. The first-order valence-corrected chi connectivity index (χ1v) is 6.39. The normalized spacial score (nSPS) is 22.0. The van der Waals surface area contributed by atoms with Crippen LogP contribution in [0.5, 0.6) is 0 Å². The summed E-state index contributed by atoms with van der Waals surface area (Å²) in [5.41, 5.74) is 2.44. The molecule has 20 heavy (non-hydrogen) atoms. The molecule has 0 saturated heterocycles. The van der Waals surface area contributed by atoms with Crippen molar-refractivity contribution in [3.63, 3.8) is 0 Å². The lowest BCUT2D eigenvalue weighted by Crippen LogP contribution is -2.43. The molecule has 1 aliphatic carbocycles. The van der Waals surface area contributed by atoms with E-state index in [4.69, 9.17) is 5.11 Å². The van der Waals surface area contributed by atoms with Crippen molar-refractivity contribution in [2.45, 2.75) is 24.8 Å². The summed E-state index contributed by atoms with van der Waals surface area (Å²) in [5, 5.41) is 19.6. The van der Waals surface area contributed by atoms with Gasteiger partial charge in [0.1, 0.15) is 5.82 Å². The van der Waals surface area contributed by atoms with Gasteiger partial charge in [-0.1, -0.05) is 0 Å². The Morgan fingerprint density at radius 3 is 3.10 bits per heavy atom. The molecule has 3 aromatic heterocycles. The Labute approximate surface area is 112 Å². The summed E-state index contributed by atoms with van der Waals surface area (Å²) in [4.78, 5) is 17.9. The molecule has 0 spiro atoms. The number of rotatable bonds is 2. The molecule has 0 aliphatic heterocycles. The molecule has 3 heterocycles. The van der Waals surface area contributed by atoms with Gasteiger partial charge in [0.15, 0.2) is 11.3 Å². The molecule has 8 heteroatoms. The zero-order valence-corrected chi connectivity index (χ0v) is 10.4. The molecule has 1 saturated carbocycles. The van der Waals surface area contributed by atoms with E-state index in [2.05, 4.69) is 25.5 Å². The SMILES string of the molecule is O=C(O)NC1CC(c2nnc3cnc4[nH]ccc4n23)C1. The lowest BCUT2D eigenvalue weighted by atomic mass is 9.80. The largest absolute Gasteiger partial charge is 0.465 e. The summed E-state index contributed by atoms with van der Waals surface area (Å²) in [6.07, 6.45) is 4.04. The quantitative estimate of drug-likeness (QED) is 0.647. The van der Waals surface area contributed by atoms with E-state index in [1.54, 1.807) is 6.20 Å². The molecule has 1 fully saturated rings. The monoisotopic (exact) mass is 272 g/mol. The minimum atomic E-state index is -0.975. The van der Waals surface area contributed by atoms with Crippen LogP contribution in [-0.4, -0.2) is 41.8 Å². The van der Waals surface area contributed by atoms with Crippen molar-refractivity contribution >= 4 is 22.9 Å². The van der Waals surface area contributed by atoms with Crippen molar-refractivity contribution in [1.82, 2.24) is 29.9 Å². The Kier molecular flexibility index (Phi) is 2.20. The highest BCUT2D eigenvalue weighted by Gasteiger charge is 2.34. The highest BCUT2D eigenvalue weighted by molar-refractivity contribution is 5.74. The van der Waals surface area contributed by atoms with E-state index >= 15 is 0 Å². The molecule has 0 unspecified atom stereocenters. The summed E-state index contributed by atoms with van der Waals surface area (Å²) in [6.45, 7) is 0. The topological polar surface area (TPSA) is 108 Å². The summed E-state index contributed by atoms with van der Waals surface area (Å²) in [7, 11) is 0. The van der Waals surface area contributed by atoms with Crippen LogP contribution in [0, 0.1) is 0 Å². The number of hydrogen-bond donors (Lipinski definition) is 3. The predicted molar refractivity (Wildman–Crippen MR) is 69.6 cm³/mol. The molecular formula is C12H12N6O2. The third kappa shape index (κ3) is 1.54. The fourth-order valence-corrected chi connectivity index (χ4v) is 2.78. The van der Waals surface area contributed by atoms with Crippen LogP contribution in [0.15, 0.2) is 18.5 Å². The van der Waals surface area contributed by atoms with Crippen LogP contribution in [-0.2, 0) is 0 Å². The van der Waals surface area contributed by atoms with E-state index in [1.165, 1.54) is 0 Å². The predicted octanol–water partition coefficient (Wildman–Crippen LogP) is 1.12. The third-order valence-corrected chi connectivity index (χ3v) is 3.80. The maximum absolute atomic E-state index is 10.6. The first kappa shape index (κ1) is 11.2. The highest BCUT2D eigenvalue weighted by atomic mass is 16.4. The minimum Gasteiger partial charge on any atom is -0.465 e. The van der Waals surface area contributed by atoms with Gasteiger partial charge in [0.25, 0.3) is 0 Å². The van der Waals surface area contributed by atoms with Gasteiger partial charge in [-0.2, -0.15) is 0 Å². The third-order valence-electron chi connectivity index (χ3n) is 3.80. The number of fused-ring (bicyclic) bond motifs is 3. The zero-order chi connectivity index (χ0) is 13.7. The molecular weight excluding hydrogens is 260 g/mol. The van der Waals surface area contributed by atoms with Crippen molar-refractivity contribution in [2.75, 3.05) is 0 Å². The Morgan fingerprint density at radius 2 is 2.30 bits per heavy atom. The van der Waals surface area contributed by atoms with E-state index in [9.17, 15) is 4.79 Å². The Balaban J connectivity index is 1.71. The zero-order valence-electron chi connectivity index (χ0n) is 10.4. The van der Waals surface area contributed by atoms with Crippen LogP contribution in [0.2, 0.25) is 0 Å². The molecule has 1 amide bonds. The second-order valence-electron chi connectivity index (χ2n) is 5.04. The molecule has 102 valence electrons. The van der Waals surface area contributed by atoms with Crippen LogP contribution >= 0.6 is 0 Å². The van der Waals surface area contributed by atoms with Crippen LogP contribution in [0.3, 0.4) is 0 Å². The number of aromatic nitrogens is 5. The van der Waals surface area contributed by atoms with Gasteiger partial charge in [-0.05, 0) is 18.9 Å². The molecule has 0 atom stereocenters. The van der Waals surface area contributed by atoms with Crippen molar-refractivity contribution in [2.24, 2.45) is 0 Å². The first-order chi connectivity index (χ1) is 9.72. The fraction of sp³-hybridized carbons (Fsp3) is 0.333. The summed E-state index contributed by atoms with van der Waals surface area (Å²) in [6, 6.07) is 1.95. The Hall–Kier alpha value is -2.64. The highest BCUT2D eigenvalue weighted by Crippen LogP contribution is 2.36. The van der Waals surface area contributed by atoms with Gasteiger partial charge >= 0.3 is 6.09 Å². The van der Waals surface area contributed by atoms with Gasteiger partial charge in [0, 0.05) is 18.2 Å². The second-order valence-corrected chi connectivity index (χ2v) is 5.04. The number of carboxylic acid groups (broad SMARTS) is 1. The van der Waals surface area contributed by atoms with E-state index in [1.807, 2.05) is 16.7 Å². The lowest BCUT2D eigenvalue weighted by molar-refractivity contribution is 0.177. The van der Waals surface area contributed by atoms with Crippen molar-refractivity contribution < 1.29 is 9.90 Å². The van der Waals surface area contributed by atoms with Gasteiger partial charge in [-0.15, -0.1) is 10.2 Å². The molecule has 3 aromatic rings. The standard InChI is InChI=1S/C12H12N6O2/c19-12(20)15-7-3-6(4-7)11-17-16-9-5-14-10-8(18(9)11)1-2-13-10/h1-2,5-7,13,15H,3-4H2,(H,19,20). The van der Waals surface area contributed by atoms with Crippen LogP contribution in [0.25, 0.3) is 16.8 Å². The molecule has 0 bridgehead atoms. The van der Waals surface area contributed by atoms with E-state index in [0.29, 0.717) is 5.65 Å². The summed E-state index contributed by atoms with van der Waals surface area (Å²) < 4.78 is 1.99. The number of nitrogens with one attached hydrogen (secondary N) is 2. The van der Waals surface area contributed by atoms with Gasteiger partial charge in [-0.3, -0.25) is 4.40 Å². The van der Waals surface area contributed by atoms with Crippen LogP contribution < -0.4 is 5.32 Å². The minimum absolute atomic E-state index is 0.00778. The van der Waals surface area contributed by atoms with E-state index in [-0.39, 0.29) is 12.0 Å². The molecule has 3 N–H and O–H groups in total. The average molecular weight is 272 g/mol. The molecule has 0 aromatic carbocycles. The maximum Gasteiger partial charge on any atom is 0.404 e. The van der Waals surface area contributed by atoms with Gasteiger partial charge in [0.2, 0.25) is 0 Å². The van der Waals surface area contributed by atoms with Crippen molar-refractivity contribution in [3.8, 4) is 0 Å². The van der Waals surface area contributed by atoms with Crippen LogP contribution in [0.1, 0.15) is 24.6 Å². The number of aromatic amines is 1. The summed E-state index contributed by atoms with van der Waals surface area (Å²) in [5.74, 6) is 1.10. The molecule has 8 nitrogen and oxygen atoms in total. The second kappa shape index (κ2) is 3.92. The number of carbonyl (C=O) groups is 1. The first-order valence-electron chi connectivity index (χ1n) is 6.39. The lowest BCUT2D eigenvalue weighted by Gasteiger charge is -2.33. The Bertz CT molecular complexity index is 801. The molecule has 0 radical (unpaired) electrons. The van der Waals surface area contributed by atoms with E-state index < -0.39 is 6.09 Å². The summed E-state index contributed by atoms with van der Waals surface area (Å²) >= 11 is 0. The van der Waals surface area contributed by atoms with Gasteiger partial charge in [-0.25, -0.2) is 9.78 Å². The van der Waals surface area contributed by atoms with E-state index in [0.717, 1.165) is 29.8 Å². The van der Waals surface area contributed by atoms with Gasteiger partial charge in [0.05, 0.1) is 11.7 Å². The molecule has 4 rings (SSSR count). The number of amides is 1. The fourth-order valence-electron chi connectivity index (χ4n) is 2.78. The maximum atomic E-state index is 10.6. The number of hydrogen-bond acceptors (Lipinski definition) is 4. The van der Waals surface area contributed by atoms with Crippen molar-refractivity contribution in [1.29, 1.82) is 0 Å². The Morgan fingerprint density at radius 1 is 1.45 bits per heavy atom. The molecule has 1 aliphatic rings. The van der Waals surface area contributed by atoms with Gasteiger partial charge < -0.3 is 15.4 Å².